The summed E-state index contributed by atoms with van der Waals surface area (Å²) in [6.45, 7) is 6.88. The Morgan fingerprint density at radius 2 is 2.00 bits per heavy atom. The molecule has 2 rings (SSSR count). The molecule has 6 nitrogen and oxygen atoms in total. The minimum atomic E-state index is 0. The number of rotatable bonds is 6. The van der Waals surface area contributed by atoms with E-state index in [1.54, 1.807) is 7.05 Å². The fourth-order valence-electron chi connectivity index (χ4n) is 3.68. The molecule has 1 amide bonds. The molecule has 0 radical (unpaired) electrons. The highest BCUT2D eigenvalue weighted by Crippen LogP contribution is 2.24. The zero-order valence-corrected chi connectivity index (χ0v) is 21.0. The average molecular weight is 515 g/mol. The Morgan fingerprint density at radius 1 is 1.28 bits per heavy atom. The first-order valence-corrected chi connectivity index (χ1v) is 10.3. The predicted molar refractivity (Wildman–Crippen MR) is 133 cm³/mol. The molecule has 1 aliphatic rings. The molecular formula is C22H38IN5O. The van der Waals surface area contributed by atoms with E-state index in [0.29, 0.717) is 0 Å². The quantitative estimate of drug-likeness (QED) is 0.309. The van der Waals surface area contributed by atoms with Crippen molar-refractivity contribution in [3.05, 3.63) is 29.3 Å². The molecule has 1 aromatic carbocycles. The van der Waals surface area contributed by atoms with Crippen molar-refractivity contribution in [2.75, 3.05) is 26.0 Å². The van der Waals surface area contributed by atoms with Crippen LogP contribution in [0.25, 0.3) is 0 Å². The molecule has 2 unspecified atom stereocenters. The van der Waals surface area contributed by atoms with Crippen molar-refractivity contribution in [2.45, 2.75) is 65.1 Å². The lowest BCUT2D eigenvalue weighted by molar-refractivity contribution is -0.126. The van der Waals surface area contributed by atoms with E-state index in [2.05, 4.69) is 65.1 Å². The molecule has 0 saturated heterocycles. The van der Waals surface area contributed by atoms with Crippen LogP contribution in [0.15, 0.2) is 23.2 Å². The number of anilines is 1. The Balaban J connectivity index is 0.00000420. The molecule has 164 valence electrons. The van der Waals surface area contributed by atoms with Gasteiger partial charge in [0.25, 0.3) is 0 Å². The number of amides is 1. The largest absolute Gasteiger partial charge is 0.378 e. The number of halogens is 1. The second-order valence-electron chi connectivity index (χ2n) is 8.30. The van der Waals surface area contributed by atoms with E-state index in [4.69, 9.17) is 0 Å². The fraction of sp³-hybridized carbons (Fsp3) is 0.636. The highest BCUT2D eigenvalue weighted by molar-refractivity contribution is 14.0. The van der Waals surface area contributed by atoms with Gasteiger partial charge in [-0.2, -0.15) is 0 Å². The molecule has 0 aliphatic heterocycles. The summed E-state index contributed by atoms with van der Waals surface area (Å²) >= 11 is 0. The van der Waals surface area contributed by atoms with Crippen molar-refractivity contribution in [1.29, 1.82) is 0 Å². The lowest BCUT2D eigenvalue weighted by Crippen LogP contribution is -2.47. The van der Waals surface area contributed by atoms with Gasteiger partial charge in [-0.15, -0.1) is 24.0 Å². The van der Waals surface area contributed by atoms with Crippen molar-refractivity contribution in [2.24, 2.45) is 10.9 Å². The molecule has 29 heavy (non-hydrogen) atoms. The second kappa shape index (κ2) is 12.2. The van der Waals surface area contributed by atoms with Crippen LogP contribution in [0.2, 0.25) is 0 Å². The third-order valence-corrected chi connectivity index (χ3v) is 5.33. The average Bonchev–Trinajstić information content (AvgIpc) is 2.65. The summed E-state index contributed by atoms with van der Waals surface area (Å²) in [6, 6.07) is 6.97. The summed E-state index contributed by atoms with van der Waals surface area (Å²) in [6.07, 6.45) is 3.97. The third kappa shape index (κ3) is 8.03. The molecule has 1 fully saturated rings. The van der Waals surface area contributed by atoms with Crippen molar-refractivity contribution in [1.82, 2.24) is 16.0 Å². The van der Waals surface area contributed by atoms with Crippen LogP contribution in [0, 0.1) is 12.8 Å². The van der Waals surface area contributed by atoms with Crippen LogP contribution in [-0.4, -0.2) is 45.1 Å². The van der Waals surface area contributed by atoms with E-state index in [0.717, 1.165) is 38.2 Å². The highest BCUT2D eigenvalue weighted by Gasteiger charge is 2.28. The number of benzene rings is 1. The van der Waals surface area contributed by atoms with Crippen molar-refractivity contribution >= 4 is 41.5 Å². The highest BCUT2D eigenvalue weighted by atomic mass is 127. The second-order valence-corrected chi connectivity index (χ2v) is 8.30. The normalized spacial score (nSPS) is 19.3. The summed E-state index contributed by atoms with van der Waals surface area (Å²) in [7, 11) is 5.90. The van der Waals surface area contributed by atoms with Crippen molar-refractivity contribution in [3.8, 4) is 0 Å². The number of carbonyl (C=O) groups excluding carboxylic acids is 1. The molecule has 0 heterocycles. The van der Waals surface area contributed by atoms with Gasteiger partial charge < -0.3 is 20.9 Å². The molecule has 2 atom stereocenters. The van der Waals surface area contributed by atoms with Crippen molar-refractivity contribution in [3.63, 3.8) is 0 Å². The molecule has 7 heteroatoms. The van der Waals surface area contributed by atoms with E-state index in [9.17, 15) is 4.79 Å². The van der Waals surface area contributed by atoms with Gasteiger partial charge in [-0.1, -0.05) is 12.5 Å². The number of carbonyl (C=O) groups is 1. The van der Waals surface area contributed by atoms with Crippen LogP contribution >= 0.6 is 24.0 Å². The molecule has 3 N–H and O–H groups in total. The maximum Gasteiger partial charge on any atom is 0.223 e. The molecule has 1 aromatic rings. The van der Waals surface area contributed by atoms with Crippen LogP contribution in [0.3, 0.4) is 0 Å². The van der Waals surface area contributed by atoms with E-state index in [1.807, 2.05) is 13.8 Å². The Kier molecular flexibility index (Phi) is 10.8. The van der Waals surface area contributed by atoms with Gasteiger partial charge in [-0.3, -0.25) is 9.79 Å². The zero-order valence-electron chi connectivity index (χ0n) is 18.7. The maximum absolute atomic E-state index is 12.3. The van der Waals surface area contributed by atoms with Gasteiger partial charge in [0.1, 0.15) is 0 Å². The van der Waals surface area contributed by atoms with E-state index in [-0.39, 0.29) is 47.9 Å². The molecule has 0 bridgehead atoms. The first-order valence-electron chi connectivity index (χ1n) is 10.3. The monoisotopic (exact) mass is 515 g/mol. The van der Waals surface area contributed by atoms with E-state index >= 15 is 0 Å². The fourth-order valence-corrected chi connectivity index (χ4v) is 3.68. The number of nitrogens with one attached hydrogen (secondary N) is 3. The number of hydrogen-bond donors (Lipinski definition) is 3. The number of hydrogen-bond acceptors (Lipinski definition) is 3. The molecule has 1 saturated carbocycles. The summed E-state index contributed by atoms with van der Waals surface area (Å²) < 4.78 is 0. The van der Waals surface area contributed by atoms with Gasteiger partial charge in [-0.25, -0.2) is 0 Å². The molecular weight excluding hydrogens is 477 g/mol. The minimum Gasteiger partial charge on any atom is -0.378 e. The maximum atomic E-state index is 12.3. The Hall–Kier alpha value is -1.51. The number of nitrogens with zero attached hydrogens (tertiary/aromatic N) is 2. The molecule has 0 spiro atoms. The van der Waals surface area contributed by atoms with Gasteiger partial charge >= 0.3 is 0 Å². The van der Waals surface area contributed by atoms with Crippen LogP contribution in [0.1, 0.15) is 50.7 Å². The molecule has 1 aliphatic carbocycles. The topological polar surface area (TPSA) is 68.8 Å². The van der Waals surface area contributed by atoms with Gasteiger partial charge in [0.05, 0.1) is 0 Å². The number of aryl methyl sites for hydroxylation is 1. The first-order chi connectivity index (χ1) is 13.3. The Labute approximate surface area is 193 Å². The van der Waals surface area contributed by atoms with Crippen LogP contribution in [0.4, 0.5) is 5.69 Å². The predicted octanol–water partition coefficient (Wildman–Crippen LogP) is 3.43. The van der Waals surface area contributed by atoms with Gasteiger partial charge in [0.2, 0.25) is 5.91 Å². The summed E-state index contributed by atoms with van der Waals surface area (Å²) in [5.74, 6) is 1.07. The lowest BCUT2D eigenvalue weighted by Gasteiger charge is -2.30. The Morgan fingerprint density at radius 3 is 2.59 bits per heavy atom. The van der Waals surface area contributed by atoms with Gasteiger partial charge in [0, 0.05) is 51.4 Å². The smallest absolute Gasteiger partial charge is 0.223 e. The Bertz CT molecular complexity index is 690. The van der Waals surface area contributed by atoms with E-state index < -0.39 is 0 Å². The number of aliphatic imine (C=N–C) groups is 1. The summed E-state index contributed by atoms with van der Waals surface area (Å²) in [5.41, 5.74) is 3.72. The zero-order chi connectivity index (χ0) is 20.7. The van der Waals surface area contributed by atoms with Crippen LogP contribution in [-0.2, 0) is 11.3 Å². The van der Waals surface area contributed by atoms with Crippen molar-refractivity contribution < 1.29 is 4.79 Å². The number of guanidine groups is 1. The molecule has 0 aromatic heterocycles. The van der Waals surface area contributed by atoms with Crippen LogP contribution in [0.5, 0.6) is 0 Å². The first kappa shape index (κ1) is 25.5. The third-order valence-electron chi connectivity index (χ3n) is 5.33. The van der Waals surface area contributed by atoms with Gasteiger partial charge in [0.15, 0.2) is 5.96 Å². The summed E-state index contributed by atoms with van der Waals surface area (Å²) in [5, 5.41) is 9.99. The van der Waals surface area contributed by atoms with E-state index in [1.165, 1.54) is 16.8 Å². The lowest BCUT2D eigenvalue weighted by atomic mass is 9.85. The van der Waals surface area contributed by atoms with Gasteiger partial charge in [-0.05, 0) is 63.3 Å². The summed E-state index contributed by atoms with van der Waals surface area (Å²) in [4.78, 5) is 18.8. The standard InChI is InChI=1S/C22H37N5O.HI/c1-15(2)25-21(28)17-8-7-9-19(13-17)26-22(23-4)24-14-18-10-11-20(27(5)6)12-16(18)3;/h10-12,15,17,19H,7-9,13-14H2,1-6H3,(H,25,28)(H2,23,24,26);1H. The minimum absolute atomic E-state index is 0. The SMILES string of the molecule is CN=C(NCc1ccc(N(C)C)cc1C)NC1CCCC(C(=O)NC(C)C)C1.I. The van der Waals surface area contributed by atoms with Crippen LogP contribution < -0.4 is 20.9 Å².